The van der Waals surface area contributed by atoms with Crippen molar-refractivity contribution in [3.05, 3.63) is 29.6 Å². The van der Waals surface area contributed by atoms with E-state index in [0.29, 0.717) is 0 Å². The molecule has 1 saturated heterocycles. The summed E-state index contributed by atoms with van der Waals surface area (Å²) in [6, 6.07) is 4.11. The van der Waals surface area contributed by atoms with Gasteiger partial charge in [0.25, 0.3) is 0 Å². The highest BCUT2D eigenvalue weighted by atomic mass is 16.7. The van der Waals surface area contributed by atoms with Crippen molar-refractivity contribution in [2.24, 2.45) is 0 Å². The number of hydroxylamine groups is 2. The molecule has 1 aromatic heterocycles. The average Bonchev–Trinajstić information content (AvgIpc) is 2.53. The number of hydrogen-bond donors (Lipinski definition) is 0. The van der Waals surface area contributed by atoms with Crippen LogP contribution in [0.15, 0.2) is 18.3 Å². The Labute approximate surface area is 78.3 Å². The number of aromatic nitrogens is 1. The first kappa shape index (κ1) is 8.66. The van der Waals surface area contributed by atoms with Crippen LogP contribution in [0.25, 0.3) is 0 Å². The SMILES string of the molecule is Cc1ccc(C2CCN(C)O2)cn1. The molecule has 3 nitrogen and oxygen atoms in total. The third-order valence-electron chi connectivity index (χ3n) is 2.32. The van der Waals surface area contributed by atoms with Gasteiger partial charge in [0.2, 0.25) is 0 Å². The minimum absolute atomic E-state index is 0.207. The summed E-state index contributed by atoms with van der Waals surface area (Å²) in [4.78, 5) is 9.83. The van der Waals surface area contributed by atoms with E-state index < -0.39 is 0 Å². The van der Waals surface area contributed by atoms with Crippen molar-refractivity contribution in [1.29, 1.82) is 0 Å². The second-order valence-corrected chi connectivity index (χ2v) is 3.47. The van der Waals surface area contributed by atoms with Gasteiger partial charge in [0.05, 0.1) is 0 Å². The predicted molar refractivity (Wildman–Crippen MR) is 50.0 cm³/mol. The van der Waals surface area contributed by atoms with Crippen molar-refractivity contribution in [2.45, 2.75) is 19.4 Å². The van der Waals surface area contributed by atoms with E-state index in [2.05, 4.69) is 11.1 Å². The Morgan fingerprint density at radius 3 is 2.92 bits per heavy atom. The molecule has 0 aromatic carbocycles. The lowest BCUT2D eigenvalue weighted by Gasteiger charge is -2.11. The molecule has 3 heteroatoms. The van der Waals surface area contributed by atoms with Gasteiger partial charge in [-0.05, 0) is 19.4 Å². The molecule has 1 atom stereocenters. The van der Waals surface area contributed by atoms with Crippen LogP contribution in [-0.2, 0) is 4.84 Å². The molecule has 1 unspecified atom stereocenters. The zero-order valence-corrected chi connectivity index (χ0v) is 8.03. The Balaban J connectivity index is 2.13. The fourth-order valence-electron chi connectivity index (χ4n) is 1.52. The molecule has 13 heavy (non-hydrogen) atoms. The van der Waals surface area contributed by atoms with Gasteiger partial charge in [-0.2, -0.15) is 5.06 Å². The molecular weight excluding hydrogens is 164 g/mol. The number of nitrogens with zero attached hydrogens (tertiary/aromatic N) is 2. The van der Waals surface area contributed by atoms with Crippen LogP contribution < -0.4 is 0 Å². The van der Waals surface area contributed by atoms with Gasteiger partial charge in [-0.1, -0.05) is 6.07 Å². The van der Waals surface area contributed by atoms with Crippen LogP contribution in [0, 0.1) is 6.92 Å². The van der Waals surface area contributed by atoms with Crippen LogP contribution in [0.2, 0.25) is 0 Å². The van der Waals surface area contributed by atoms with E-state index in [-0.39, 0.29) is 6.10 Å². The molecule has 2 rings (SSSR count). The summed E-state index contributed by atoms with van der Waals surface area (Å²) in [6.45, 7) is 2.99. The zero-order chi connectivity index (χ0) is 9.26. The maximum atomic E-state index is 5.58. The van der Waals surface area contributed by atoms with Crippen LogP contribution in [0.1, 0.15) is 23.8 Å². The molecule has 0 amide bonds. The fourth-order valence-corrected chi connectivity index (χ4v) is 1.52. The minimum Gasteiger partial charge on any atom is -0.291 e. The van der Waals surface area contributed by atoms with E-state index in [1.807, 2.05) is 31.3 Å². The van der Waals surface area contributed by atoms with E-state index in [4.69, 9.17) is 4.84 Å². The van der Waals surface area contributed by atoms with Crippen LogP contribution in [0.5, 0.6) is 0 Å². The molecule has 1 aliphatic rings. The van der Waals surface area contributed by atoms with Crippen LogP contribution >= 0.6 is 0 Å². The lowest BCUT2D eigenvalue weighted by molar-refractivity contribution is -0.128. The quantitative estimate of drug-likeness (QED) is 0.654. The number of hydrogen-bond acceptors (Lipinski definition) is 3. The summed E-state index contributed by atoms with van der Waals surface area (Å²) in [6.07, 6.45) is 3.17. The van der Waals surface area contributed by atoms with Gasteiger partial charge in [0, 0.05) is 31.0 Å². The van der Waals surface area contributed by atoms with Crippen LogP contribution in [0.4, 0.5) is 0 Å². The molecule has 0 radical (unpaired) electrons. The minimum atomic E-state index is 0.207. The summed E-state index contributed by atoms with van der Waals surface area (Å²) in [5, 5.41) is 1.88. The van der Waals surface area contributed by atoms with E-state index in [1.165, 1.54) is 5.56 Å². The normalized spacial score (nSPS) is 23.7. The van der Waals surface area contributed by atoms with Crippen molar-refractivity contribution >= 4 is 0 Å². The van der Waals surface area contributed by atoms with E-state index in [1.54, 1.807) is 0 Å². The zero-order valence-electron chi connectivity index (χ0n) is 8.03. The van der Waals surface area contributed by atoms with Gasteiger partial charge < -0.3 is 0 Å². The van der Waals surface area contributed by atoms with Gasteiger partial charge in [-0.15, -0.1) is 0 Å². The molecule has 0 N–H and O–H groups in total. The summed E-state index contributed by atoms with van der Waals surface area (Å²) < 4.78 is 0. The third-order valence-corrected chi connectivity index (χ3v) is 2.32. The topological polar surface area (TPSA) is 25.4 Å². The first-order chi connectivity index (χ1) is 6.25. The second-order valence-electron chi connectivity index (χ2n) is 3.47. The Morgan fingerprint density at radius 2 is 2.38 bits per heavy atom. The van der Waals surface area contributed by atoms with Gasteiger partial charge in [-0.25, -0.2) is 0 Å². The molecule has 70 valence electrons. The second kappa shape index (κ2) is 3.44. The van der Waals surface area contributed by atoms with E-state index in [9.17, 15) is 0 Å². The monoisotopic (exact) mass is 178 g/mol. The standard InChI is InChI=1S/C10H14N2O/c1-8-3-4-9(7-11-8)10-5-6-12(2)13-10/h3-4,7,10H,5-6H2,1-2H3. The highest BCUT2D eigenvalue weighted by Crippen LogP contribution is 2.26. The third kappa shape index (κ3) is 1.87. The van der Waals surface area contributed by atoms with Crippen molar-refractivity contribution in [3.8, 4) is 0 Å². The summed E-state index contributed by atoms with van der Waals surface area (Å²) in [5.74, 6) is 0. The summed E-state index contributed by atoms with van der Waals surface area (Å²) in [7, 11) is 1.96. The van der Waals surface area contributed by atoms with Crippen LogP contribution in [-0.4, -0.2) is 23.6 Å². The molecule has 1 aliphatic heterocycles. The van der Waals surface area contributed by atoms with Gasteiger partial charge in [0.1, 0.15) is 6.10 Å². The Kier molecular flexibility index (Phi) is 2.29. The van der Waals surface area contributed by atoms with Crippen molar-refractivity contribution < 1.29 is 4.84 Å². The fraction of sp³-hybridized carbons (Fsp3) is 0.500. The summed E-state index contributed by atoms with van der Waals surface area (Å²) >= 11 is 0. The molecule has 0 bridgehead atoms. The lowest BCUT2D eigenvalue weighted by atomic mass is 10.1. The average molecular weight is 178 g/mol. The Morgan fingerprint density at radius 1 is 1.54 bits per heavy atom. The van der Waals surface area contributed by atoms with Gasteiger partial charge >= 0.3 is 0 Å². The molecular formula is C10H14N2O. The van der Waals surface area contributed by atoms with E-state index in [0.717, 1.165) is 18.7 Å². The van der Waals surface area contributed by atoms with Crippen LogP contribution in [0.3, 0.4) is 0 Å². The molecule has 0 aliphatic carbocycles. The smallest absolute Gasteiger partial charge is 0.107 e. The number of rotatable bonds is 1. The lowest BCUT2D eigenvalue weighted by Crippen LogP contribution is -2.10. The maximum Gasteiger partial charge on any atom is 0.107 e. The van der Waals surface area contributed by atoms with E-state index >= 15 is 0 Å². The summed E-state index contributed by atoms with van der Waals surface area (Å²) in [5.41, 5.74) is 2.23. The van der Waals surface area contributed by atoms with Gasteiger partial charge in [0.15, 0.2) is 0 Å². The Bertz CT molecular complexity index is 283. The highest BCUT2D eigenvalue weighted by molar-refractivity contribution is 5.16. The van der Waals surface area contributed by atoms with Crippen molar-refractivity contribution in [2.75, 3.05) is 13.6 Å². The Hall–Kier alpha value is -0.930. The highest BCUT2D eigenvalue weighted by Gasteiger charge is 2.22. The maximum absolute atomic E-state index is 5.58. The molecule has 2 heterocycles. The predicted octanol–water partition coefficient (Wildman–Crippen LogP) is 1.70. The van der Waals surface area contributed by atoms with Crippen molar-refractivity contribution in [3.63, 3.8) is 0 Å². The first-order valence-electron chi connectivity index (χ1n) is 4.56. The van der Waals surface area contributed by atoms with Gasteiger partial charge in [-0.3, -0.25) is 9.82 Å². The largest absolute Gasteiger partial charge is 0.291 e. The first-order valence-corrected chi connectivity index (χ1v) is 4.56. The molecule has 1 aromatic rings. The number of aryl methyl sites for hydroxylation is 1. The molecule has 1 fully saturated rings. The molecule has 0 spiro atoms. The van der Waals surface area contributed by atoms with Crippen molar-refractivity contribution in [1.82, 2.24) is 10.0 Å². The number of pyridine rings is 1. The molecule has 0 saturated carbocycles.